The summed E-state index contributed by atoms with van der Waals surface area (Å²) >= 11 is 0. The van der Waals surface area contributed by atoms with Gasteiger partial charge in [-0.05, 0) is 22.9 Å². The van der Waals surface area contributed by atoms with Crippen molar-refractivity contribution in [1.82, 2.24) is 25.5 Å². The number of carbonyl (C=O) groups excluding carboxylic acids is 1. The quantitative estimate of drug-likeness (QED) is 0.691. The smallest absolute Gasteiger partial charge is 0.243 e. The Bertz CT molecular complexity index is 799. The van der Waals surface area contributed by atoms with Crippen molar-refractivity contribution in [3.63, 3.8) is 0 Å². The number of nitrogens with one attached hydrogen (secondary N) is 1. The predicted molar refractivity (Wildman–Crippen MR) is 86.0 cm³/mol. The summed E-state index contributed by atoms with van der Waals surface area (Å²) in [5, 5.41) is 14.8. The molecule has 0 saturated carbocycles. The van der Waals surface area contributed by atoms with Crippen LogP contribution in [-0.4, -0.2) is 26.1 Å². The van der Waals surface area contributed by atoms with Gasteiger partial charge in [0.1, 0.15) is 6.54 Å². The summed E-state index contributed by atoms with van der Waals surface area (Å²) in [6, 6.07) is 16.9. The van der Waals surface area contributed by atoms with Crippen LogP contribution in [0.2, 0.25) is 0 Å². The summed E-state index contributed by atoms with van der Waals surface area (Å²) in [7, 11) is 0. The zero-order valence-electron chi connectivity index (χ0n) is 12.4. The molecule has 0 fully saturated rings. The topological polar surface area (TPSA) is 98.7 Å². The van der Waals surface area contributed by atoms with Gasteiger partial charge in [-0.15, -0.1) is 10.2 Å². The monoisotopic (exact) mass is 308 g/mol. The molecule has 0 unspecified atom stereocenters. The molecule has 7 heteroatoms. The Morgan fingerprint density at radius 2 is 1.83 bits per heavy atom. The maximum atomic E-state index is 11.9. The number of nitrogens with zero attached hydrogens (tertiary/aromatic N) is 4. The molecule has 0 atom stereocenters. The molecule has 1 amide bonds. The number of aromatic nitrogens is 4. The molecule has 0 spiro atoms. The zero-order valence-corrected chi connectivity index (χ0v) is 12.4. The fraction of sp³-hybridized carbons (Fsp3) is 0.125. The molecule has 23 heavy (non-hydrogen) atoms. The van der Waals surface area contributed by atoms with Crippen LogP contribution in [-0.2, 0) is 17.9 Å². The van der Waals surface area contributed by atoms with E-state index in [0.717, 1.165) is 5.56 Å². The Labute approximate surface area is 133 Å². The van der Waals surface area contributed by atoms with Gasteiger partial charge in [0.2, 0.25) is 11.7 Å². The number of benzene rings is 2. The van der Waals surface area contributed by atoms with E-state index in [1.54, 1.807) is 6.07 Å². The summed E-state index contributed by atoms with van der Waals surface area (Å²) < 4.78 is 0. The van der Waals surface area contributed by atoms with E-state index >= 15 is 0 Å². The number of amides is 1. The third-order valence-electron chi connectivity index (χ3n) is 3.27. The number of carbonyl (C=O) groups is 1. The fourth-order valence-corrected chi connectivity index (χ4v) is 2.10. The molecule has 0 bridgehead atoms. The Balaban J connectivity index is 1.61. The zero-order chi connectivity index (χ0) is 16.1. The van der Waals surface area contributed by atoms with E-state index in [0.29, 0.717) is 23.6 Å². The van der Waals surface area contributed by atoms with Gasteiger partial charge in [0.15, 0.2) is 0 Å². The van der Waals surface area contributed by atoms with Crippen LogP contribution >= 0.6 is 0 Å². The summed E-state index contributed by atoms with van der Waals surface area (Å²) in [5.41, 5.74) is 8.18. The van der Waals surface area contributed by atoms with Crippen LogP contribution in [0.4, 0.5) is 5.69 Å². The van der Waals surface area contributed by atoms with Crippen molar-refractivity contribution in [3.05, 3.63) is 60.2 Å². The first kappa shape index (κ1) is 14.7. The lowest BCUT2D eigenvalue weighted by molar-refractivity contribution is -0.122. The lowest BCUT2D eigenvalue weighted by Gasteiger charge is -2.04. The van der Waals surface area contributed by atoms with Gasteiger partial charge in [0.25, 0.3) is 0 Å². The standard InChI is InChI=1S/C16H16N6O/c17-14-9-5-4-8-13(14)16-19-21-22(20-16)11-15(23)18-10-12-6-2-1-3-7-12/h1-9H,10-11,17H2,(H,18,23). The van der Waals surface area contributed by atoms with Gasteiger partial charge in [0.05, 0.1) is 0 Å². The minimum atomic E-state index is -0.182. The number of rotatable bonds is 5. The van der Waals surface area contributed by atoms with Crippen LogP contribution in [0.1, 0.15) is 5.56 Å². The minimum absolute atomic E-state index is 0.00652. The van der Waals surface area contributed by atoms with Crippen molar-refractivity contribution in [2.24, 2.45) is 0 Å². The molecule has 0 aliphatic carbocycles. The lowest BCUT2D eigenvalue weighted by atomic mass is 10.2. The van der Waals surface area contributed by atoms with E-state index in [4.69, 9.17) is 5.73 Å². The third kappa shape index (κ3) is 3.70. The summed E-state index contributed by atoms with van der Waals surface area (Å²) in [6.07, 6.45) is 0. The molecule has 2 aromatic carbocycles. The molecule has 3 aromatic rings. The molecule has 3 N–H and O–H groups in total. The van der Waals surface area contributed by atoms with Gasteiger partial charge in [-0.25, -0.2) is 0 Å². The maximum Gasteiger partial charge on any atom is 0.243 e. The van der Waals surface area contributed by atoms with E-state index in [1.165, 1.54) is 4.80 Å². The van der Waals surface area contributed by atoms with Crippen LogP contribution in [0.15, 0.2) is 54.6 Å². The van der Waals surface area contributed by atoms with Crippen LogP contribution in [0.25, 0.3) is 11.4 Å². The molecule has 0 saturated heterocycles. The van der Waals surface area contributed by atoms with Crippen LogP contribution < -0.4 is 11.1 Å². The molecule has 0 aliphatic rings. The highest BCUT2D eigenvalue weighted by Gasteiger charge is 2.11. The van der Waals surface area contributed by atoms with Crippen molar-refractivity contribution < 1.29 is 4.79 Å². The van der Waals surface area contributed by atoms with Crippen molar-refractivity contribution in [1.29, 1.82) is 0 Å². The number of nitrogens with two attached hydrogens (primary N) is 1. The highest BCUT2D eigenvalue weighted by molar-refractivity contribution is 5.75. The maximum absolute atomic E-state index is 11.9. The van der Waals surface area contributed by atoms with E-state index < -0.39 is 0 Å². The summed E-state index contributed by atoms with van der Waals surface area (Å²) in [5.74, 6) is 0.220. The van der Waals surface area contributed by atoms with Crippen LogP contribution in [0.5, 0.6) is 0 Å². The Morgan fingerprint density at radius 1 is 1.09 bits per heavy atom. The molecule has 116 valence electrons. The molecule has 0 aliphatic heterocycles. The number of nitrogen functional groups attached to an aromatic ring is 1. The average molecular weight is 308 g/mol. The van der Waals surface area contributed by atoms with Gasteiger partial charge in [-0.2, -0.15) is 4.80 Å². The van der Waals surface area contributed by atoms with Crippen LogP contribution in [0.3, 0.4) is 0 Å². The second-order valence-electron chi connectivity index (χ2n) is 4.99. The van der Waals surface area contributed by atoms with E-state index in [2.05, 4.69) is 20.7 Å². The van der Waals surface area contributed by atoms with Gasteiger partial charge in [-0.1, -0.05) is 42.5 Å². The number of para-hydroxylation sites is 1. The van der Waals surface area contributed by atoms with Crippen molar-refractivity contribution >= 4 is 11.6 Å². The van der Waals surface area contributed by atoms with E-state index in [9.17, 15) is 4.79 Å². The van der Waals surface area contributed by atoms with Gasteiger partial charge in [-0.3, -0.25) is 4.79 Å². The number of hydrogen-bond acceptors (Lipinski definition) is 5. The van der Waals surface area contributed by atoms with Crippen molar-refractivity contribution in [2.45, 2.75) is 13.1 Å². The molecular weight excluding hydrogens is 292 g/mol. The summed E-state index contributed by atoms with van der Waals surface area (Å²) in [4.78, 5) is 13.2. The Hall–Kier alpha value is -3.22. The third-order valence-corrected chi connectivity index (χ3v) is 3.27. The largest absolute Gasteiger partial charge is 0.398 e. The fourth-order valence-electron chi connectivity index (χ4n) is 2.10. The SMILES string of the molecule is Nc1ccccc1-c1nnn(CC(=O)NCc2ccccc2)n1. The number of anilines is 1. The van der Waals surface area contributed by atoms with Crippen molar-refractivity contribution in [2.75, 3.05) is 5.73 Å². The molecule has 0 radical (unpaired) electrons. The van der Waals surface area contributed by atoms with E-state index in [1.807, 2.05) is 48.5 Å². The molecule has 1 aromatic heterocycles. The predicted octanol–water partition coefficient (Wildman–Crippen LogP) is 1.24. The highest BCUT2D eigenvalue weighted by Crippen LogP contribution is 2.20. The summed E-state index contributed by atoms with van der Waals surface area (Å²) in [6.45, 7) is 0.472. The molecule has 3 rings (SSSR count). The first-order chi connectivity index (χ1) is 11.2. The average Bonchev–Trinajstić information content (AvgIpc) is 3.02. The van der Waals surface area contributed by atoms with Crippen LogP contribution in [0, 0.1) is 0 Å². The Kier molecular flexibility index (Phi) is 4.28. The van der Waals surface area contributed by atoms with Gasteiger partial charge in [0, 0.05) is 17.8 Å². The normalized spacial score (nSPS) is 10.4. The first-order valence-electron chi connectivity index (χ1n) is 7.15. The molecule has 1 heterocycles. The highest BCUT2D eigenvalue weighted by atomic mass is 16.2. The van der Waals surface area contributed by atoms with E-state index in [-0.39, 0.29) is 12.5 Å². The molecular formula is C16H16N6O. The second-order valence-corrected chi connectivity index (χ2v) is 4.99. The molecule has 7 nitrogen and oxygen atoms in total. The second kappa shape index (κ2) is 6.69. The first-order valence-corrected chi connectivity index (χ1v) is 7.15. The number of tetrazole rings is 1. The Morgan fingerprint density at radius 3 is 2.61 bits per heavy atom. The van der Waals surface area contributed by atoms with Crippen molar-refractivity contribution in [3.8, 4) is 11.4 Å². The van der Waals surface area contributed by atoms with Gasteiger partial charge < -0.3 is 11.1 Å². The minimum Gasteiger partial charge on any atom is -0.398 e. The lowest BCUT2D eigenvalue weighted by Crippen LogP contribution is -2.28. The number of hydrogen-bond donors (Lipinski definition) is 2. The van der Waals surface area contributed by atoms with Gasteiger partial charge >= 0.3 is 0 Å².